The second kappa shape index (κ2) is 13.5. The zero-order valence-corrected chi connectivity index (χ0v) is 24.3. The van der Waals surface area contributed by atoms with Crippen molar-refractivity contribution in [3.05, 3.63) is 102 Å². The molecule has 0 saturated heterocycles. The van der Waals surface area contributed by atoms with Crippen LogP contribution in [0.2, 0.25) is 0 Å². The number of carboxylic acids is 1. The standard InChI is InChI=1S/C30H32N4O5S2/c1-20-8-11-24(12-9-20)41(38,39)28(17-23-18-31-19-32-23)33-22-10-13-25(26(16-22)21-6-4-3-5-7-21)29(35)34-27(30(36)37)14-15-40-2/h3-13,16,18-19,27-28,33H,14-15,17H2,1-2H3,(H,31,32)(H,34,35)(H,36,37)/t27-,28?/m0/s1. The summed E-state index contributed by atoms with van der Waals surface area (Å²) in [4.78, 5) is 32.3. The van der Waals surface area contributed by atoms with Crippen molar-refractivity contribution >= 4 is 39.2 Å². The molecule has 0 aliphatic heterocycles. The summed E-state index contributed by atoms with van der Waals surface area (Å²) in [5.41, 5.74) is 3.62. The predicted molar refractivity (Wildman–Crippen MR) is 162 cm³/mol. The van der Waals surface area contributed by atoms with Crippen LogP contribution in [0.25, 0.3) is 11.1 Å². The van der Waals surface area contributed by atoms with E-state index in [9.17, 15) is 23.1 Å². The summed E-state index contributed by atoms with van der Waals surface area (Å²) in [5, 5.41) is 14.4. The van der Waals surface area contributed by atoms with Crippen molar-refractivity contribution in [1.29, 1.82) is 0 Å². The Balaban J connectivity index is 1.71. The molecule has 2 atom stereocenters. The average Bonchev–Trinajstić information content (AvgIpc) is 3.48. The van der Waals surface area contributed by atoms with Gasteiger partial charge in [-0.25, -0.2) is 18.2 Å². The smallest absolute Gasteiger partial charge is 0.326 e. The number of aromatic amines is 1. The second-order valence-electron chi connectivity index (χ2n) is 9.54. The van der Waals surface area contributed by atoms with Crippen LogP contribution in [0.1, 0.15) is 28.0 Å². The highest BCUT2D eigenvalue weighted by Crippen LogP contribution is 2.29. The third kappa shape index (κ3) is 7.56. The number of amides is 1. The molecular weight excluding hydrogens is 560 g/mol. The van der Waals surface area contributed by atoms with Crippen molar-refractivity contribution in [2.75, 3.05) is 17.3 Å². The molecule has 3 aromatic carbocycles. The maximum atomic E-state index is 13.8. The van der Waals surface area contributed by atoms with Gasteiger partial charge in [-0.1, -0.05) is 48.0 Å². The summed E-state index contributed by atoms with van der Waals surface area (Å²) in [5.74, 6) is -1.04. The summed E-state index contributed by atoms with van der Waals surface area (Å²) < 4.78 is 27.5. The van der Waals surface area contributed by atoms with Gasteiger partial charge in [0.1, 0.15) is 11.4 Å². The van der Waals surface area contributed by atoms with Gasteiger partial charge in [-0.2, -0.15) is 11.8 Å². The molecule has 11 heteroatoms. The highest BCUT2D eigenvalue weighted by atomic mass is 32.2. The maximum Gasteiger partial charge on any atom is 0.326 e. The number of anilines is 1. The summed E-state index contributed by atoms with van der Waals surface area (Å²) in [6.45, 7) is 1.89. The monoisotopic (exact) mass is 592 g/mol. The van der Waals surface area contributed by atoms with E-state index < -0.39 is 33.1 Å². The Kier molecular flexibility index (Phi) is 9.85. The topological polar surface area (TPSA) is 141 Å². The lowest BCUT2D eigenvalue weighted by Gasteiger charge is -2.22. The molecule has 0 spiro atoms. The minimum atomic E-state index is -3.84. The van der Waals surface area contributed by atoms with E-state index in [0.717, 1.165) is 11.1 Å². The van der Waals surface area contributed by atoms with Gasteiger partial charge >= 0.3 is 5.97 Å². The number of sulfone groups is 1. The van der Waals surface area contributed by atoms with Gasteiger partial charge in [0.25, 0.3) is 5.91 Å². The molecule has 214 valence electrons. The molecule has 4 N–H and O–H groups in total. The van der Waals surface area contributed by atoms with Crippen LogP contribution in [-0.4, -0.2) is 58.8 Å². The number of aliphatic carboxylic acids is 1. The lowest BCUT2D eigenvalue weighted by molar-refractivity contribution is -0.139. The van der Waals surface area contributed by atoms with E-state index in [2.05, 4.69) is 20.6 Å². The first-order chi connectivity index (χ1) is 19.7. The maximum absolute atomic E-state index is 13.8. The van der Waals surface area contributed by atoms with Gasteiger partial charge in [0.2, 0.25) is 0 Å². The number of hydrogen-bond acceptors (Lipinski definition) is 7. The van der Waals surface area contributed by atoms with Crippen molar-refractivity contribution in [3.63, 3.8) is 0 Å². The number of H-pyrrole nitrogens is 1. The number of nitrogens with zero attached hydrogens (tertiary/aromatic N) is 1. The van der Waals surface area contributed by atoms with Gasteiger partial charge in [-0.05, 0) is 66.8 Å². The van der Waals surface area contributed by atoms with Crippen molar-refractivity contribution in [2.24, 2.45) is 0 Å². The predicted octanol–water partition coefficient (Wildman–Crippen LogP) is 4.78. The van der Waals surface area contributed by atoms with Crippen LogP contribution in [0.5, 0.6) is 0 Å². The number of carbonyl (C=O) groups excluding carboxylic acids is 1. The first kappa shape index (κ1) is 29.9. The van der Waals surface area contributed by atoms with Crippen LogP contribution in [0.3, 0.4) is 0 Å². The van der Waals surface area contributed by atoms with Gasteiger partial charge in [-0.15, -0.1) is 0 Å². The van der Waals surface area contributed by atoms with Gasteiger partial charge < -0.3 is 20.7 Å². The van der Waals surface area contributed by atoms with E-state index in [1.165, 1.54) is 18.1 Å². The molecule has 0 bridgehead atoms. The first-order valence-corrected chi connectivity index (χ1v) is 15.9. The molecule has 0 radical (unpaired) electrons. The Hall–Kier alpha value is -4.09. The number of thioether (sulfide) groups is 1. The molecule has 0 aliphatic rings. The highest BCUT2D eigenvalue weighted by Gasteiger charge is 2.29. The molecular formula is C30H32N4O5S2. The number of aryl methyl sites for hydroxylation is 1. The van der Waals surface area contributed by atoms with E-state index in [4.69, 9.17) is 0 Å². The van der Waals surface area contributed by atoms with E-state index in [1.54, 1.807) is 48.7 Å². The number of benzene rings is 3. The van der Waals surface area contributed by atoms with Gasteiger partial charge in [-0.3, -0.25) is 4.79 Å². The molecule has 0 aliphatic carbocycles. The molecule has 4 aromatic rings. The molecule has 1 unspecified atom stereocenters. The minimum absolute atomic E-state index is 0.120. The Labute approximate surface area is 243 Å². The van der Waals surface area contributed by atoms with Crippen molar-refractivity contribution in [1.82, 2.24) is 15.3 Å². The fourth-order valence-electron chi connectivity index (χ4n) is 4.33. The number of hydrogen-bond donors (Lipinski definition) is 4. The van der Waals surface area contributed by atoms with E-state index in [0.29, 0.717) is 22.7 Å². The summed E-state index contributed by atoms with van der Waals surface area (Å²) in [6.07, 6.45) is 5.36. The zero-order chi connectivity index (χ0) is 29.4. The lowest BCUT2D eigenvalue weighted by Crippen LogP contribution is -2.41. The second-order valence-corrected chi connectivity index (χ2v) is 12.7. The highest BCUT2D eigenvalue weighted by molar-refractivity contribution is 7.98. The molecule has 1 heterocycles. The van der Waals surface area contributed by atoms with Crippen LogP contribution >= 0.6 is 11.8 Å². The SMILES string of the molecule is CSCC[C@H](NC(=O)c1ccc(NC(Cc2cnc[nH]2)S(=O)(=O)c2ccc(C)cc2)cc1-c1ccccc1)C(=O)O. The molecule has 4 rings (SSSR count). The Morgan fingerprint density at radius 3 is 2.41 bits per heavy atom. The Morgan fingerprint density at radius 1 is 1.05 bits per heavy atom. The van der Waals surface area contributed by atoms with Crippen LogP contribution in [0.15, 0.2) is 90.2 Å². The normalized spacial score (nSPS) is 12.8. The van der Waals surface area contributed by atoms with Crippen LogP contribution in [0.4, 0.5) is 5.69 Å². The van der Waals surface area contributed by atoms with Gasteiger partial charge in [0.15, 0.2) is 9.84 Å². The van der Waals surface area contributed by atoms with Crippen molar-refractivity contribution in [3.8, 4) is 11.1 Å². The number of carbonyl (C=O) groups is 2. The third-order valence-electron chi connectivity index (χ3n) is 6.57. The molecule has 1 aromatic heterocycles. The minimum Gasteiger partial charge on any atom is -0.480 e. The number of carboxylic acid groups (broad SMARTS) is 1. The fourth-order valence-corrected chi connectivity index (χ4v) is 6.34. The van der Waals surface area contributed by atoms with Crippen molar-refractivity contribution < 1.29 is 23.1 Å². The van der Waals surface area contributed by atoms with E-state index in [1.807, 2.05) is 43.5 Å². The molecule has 9 nitrogen and oxygen atoms in total. The summed E-state index contributed by atoms with van der Waals surface area (Å²) >= 11 is 1.50. The molecule has 41 heavy (non-hydrogen) atoms. The number of rotatable bonds is 13. The zero-order valence-electron chi connectivity index (χ0n) is 22.7. The van der Waals surface area contributed by atoms with E-state index in [-0.39, 0.29) is 23.3 Å². The quantitative estimate of drug-likeness (QED) is 0.174. The molecule has 1 amide bonds. The van der Waals surface area contributed by atoms with Crippen molar-refractivity contribution in [2.45, 2.75) is 36.1 Å². The molecule has 0 saturated carbocycles. The largest absolute Gasteiger partial charge is 0.480 e. The number of imidazole rings is 1. The summed E-state index contributed by atoms with van der Waals surface area (Å²) in [6, 6.07) is 19.8. The summed E-state index contributed by atoms with van der Waals surface area (Å²) in [7, 11) is -3.84. The van der Waals surface area contributed by atoms with Crippen LogP contribution in [0, 0.1) is 6.92 Å². The van der Waals surface area contributed by atoms with Crippen LogP contribution < -0.4 is 10.6 Å². The molecule has 0 fully saturated rings. The van der Waals surface area contributed by atoms with Crippen LogP contribution in [-0.2, 0) is 21.1 Å². The van der Waals surface area contributed by atoms with Gasteiger partial charge in [0, 0.05) is 29.6 Å². The fraction of sp³-hybridized carbons (Fsp3) is 0.233. The Bertz CT molecular complexity index is 1580. The average molecular weight is 593 g/mol. The number of aromatic nitrogens is 2. The van der Waals surface area contributed by atoms with Gasteiger partial charge in [0.05, 0.1) is 11.2 Å². The lowest BCUT2D eigenvalue weighted by atomic mass is 9.98. The Morgan fingerprint density at radius 2 is 1.78 bits per heavy atom. The third-order valence-corrected chi connectivity index (χ3v) is 9.18. The number of nitrogens with one attached hydrogen (secondary N) is 3. The first-order valence-electron chi connectivity index (χ1n) is 13.0. The van der Waals surface area contributed by atoms with E-state index >= 15 is 0 Å².